The highest BCUT2D eigenvalue weighted by Gasteiger charge is 1.81. The standard InChI is InChI=1S/C2H6IPS/c1-4(2)5-3/h1-2H3. The summed E-state index contributed by atoms with van der Waals surface area (Å²) in [5, 5.41) is 0. The molecule has 0 nitrogen and oxygen atoms in total. The predicted molar refractivity (Wildman–Crippen MR) is 40.4 cm³/mol. The first-order valence-corrected chi connectivity index (χ1v) is 7.43. The third kappa shape index (κ3) is 5.51. The van der Waals surface area contributed by atoms with Gasteiger partial charge in [-0.15, -0.1) is 0 Å². The van der Waals surface area contributed by atoms with E-state index in [2.05, 4.69) is 34.5 Å². The second-order valence-electron chi connectivity index (χ2n) is 0.881. The van der Waals surface area contributed by atoms with Crippen LogP contribution in [-0.4, -0.2) is 13.3 Å². The summed E-state index contributed by atoms with van der Waals surface area (Å²) in [6.45, 7) is 4.49. The van der Waals surface area contributed by atoms with Crippen molar-refractivity contribution in [2.75, 3.05) is 13.3 Å². The number of halogens is 1. The second-order valence-corrected chi connectivity index (χ2v) is 8.79. The average Bonchev–Trinajstić information content (AvgIpc) is 1.38. The van der Waals surface area contributed by atoms with Crippen molar-refractivity contribution in [1.29, 1.82) is 0 Å². The van der Waals surface area contributed by atoms with Crippen LogP contribution in [0.15, 0.2) is 0 Å². The summed E-state index contributed by atoms with van der Waals surface area (Å²) in [7, 11) is 2.22. The van der Waals surface area contributed by atoms with E-state index in [1.165, 1.54) is 0 Å². The third-order valence-corrected chi connectivity index (χ3v) is 8.33. The van der Waals surface area contributed by atoms with Gasteiger partial charge in [0.2, 0.25) is 0 Å². The van der Waals surface area contributed by atoms with Gasteiger partial charge >= 0.3 is 0 Å². The first-order valence-electron chi connectivity index (χ1n) is 1.23. The quantitative estimate of drug-likeness (QED) is 0.483. The molecule has 0 saturated heterocycles. The van der Waals surface area contributed by atoms with Crippen molar-refractivity contribution in [2.45, 2.75) is 0 Å². The highest BCUT2D eigenvalue weighted by atomic mass is 127. The Hall–Kier alpha value is 1.51. The van der Waals surface area contributed by atoms with Crippen molar-refractivity contribution < 1.29 is 0 Å². The molecular weight excluding hydrogens is 214 g/mol. The van der Waals surface area contributed by atoms with Gasteiger partial charge in [0.1, 0.15) is 0 Å². The fraction of sp³-hybridized carbons (Fsp3) is 1.00. The molecule has 0 amide bonds. The van der Waals surface area contributed by atoms with Gasteiger partial charge in [0.15, 0.2) is 0 Å². The topological polar surface area (TPSA) is 0 Å². The molecule has 0 spiro atoms. The molecule has 0 bridgehead atoms. The molecule has 0 heterocycles. The van der Waals surface area contributed by atoms with Gasteiger partial charge < -0.3 is 0 Å². The van der Waals surface area contributed by atoms with Gasteiger partial charge in [-0.1, -0.05) is 8.55 Å². The monoisotopic (exact) mass is 220 g/mol. The fourth-order valence-electron chi connectivity index (χ4n) is 0. The van der Waals surface area contributed by atoms with E-state index >= 15 is 0 Å². The van der Waals surface area contributed by atoms with Gasteiger partial charge in [-0.25, -0.2) is 0 Å². The Morgan fingerprint density at radius 1 is 1.60 bits per heavy atom. The molecular formula is C2H6IPS. The van der Waals surface area contributed by atoms with E-state index in [0.29, 0.717) is 7.12 Å². The van der Waals surface area contributed by atoms with Crippen LogP contribution in [0.2, 0.25) is 0 Å². The summed E-state index contributed by atoms with van der Waals surface area (Å²) in [4.78, 5) is 0. The van der Waals surface area contributed by atoms with Crippen LogP contribution in [0.3, 0.4) is 0 Å². The minimum Gasteiger partial charge on any atom is -0.0626 e. The minimum atomic E-state index is 0.305. The van der Waals surface area contributed by atoms with Gasteiger partial charge in [-0.2, -0.15) is 0 Å². The number of rotatable bonds is 1. The summed E-state index contributed by atoms with van der Waals surface area (Å²) in [5.41, 5.74) is 0. The Labute approximate surface area is 50.2 Å². The van der Waals surface area contributed by atoms with Crippen LogP contribution >= 0.6 is 36.9 Å². The Morgan fingerprint density at radius 2 is 1.80 bits per heavy atom. The molecule has 0 radical (unpaired) electrons. The highest BCUT2D eigenvalue weighted by molar-refractivity contribution is 14.2. The maximum absolute atomic E-state index is 2.32. The normalized spacial score (nSPS) is 9.60. The van der Waals surface area contributed by atoms with E-state index in [0.717, 1.165) is 0 Å². The minimum absolute atomic E-state index is 0.305. The maximum Gasteiger partial charge on any atom is 0.000715 e. The first kappa shape index (κ1) is 6.51. The molecule has 0 aromatic heterocycles. The Balaban J connectivity index is 2.54. The summed E-state index contributed by atoms with van der Waals surface area (Å²) in [6, 6.07) is 0. The Morgan fingerprint density at radius 3 is 1.80 bits per heavy atom. The molecule has 0 aliphatic heterocycles. The number of hydrogen-bond donors (Lipinski definition) is 0. The number of hydrogen-bond acceptors (Lipinski definition) is 1. The molecule has 5 heavy (non-hydrogen) atoms. The highest BCUT2D eigenvalue weighted by Crippen LogP contribution is 2.46. The van der Waals surface area contributed by atoms with Crippen LogP contribution in [0.1, 0.15) is 0 Å². The van der Waals surface area contributed by atoms with Crippen LogP contribution in [0, 0.1) is 0 Å². The zero-order valence-corrected chi connectivity index (χ0v) is 7.10. The van der Waals surface area contributed by atoms with Gasteiger partial charge in [-0.3, -0.25) is 0 Å². The van der Waals surface area contributed by atoms with E-state index in [1.54, 1.807) is 0 Å². The molecule has 0 N–H and O–H groups in total. The second kappa shape index (κ2) is 3.69. The van der Waals surface area contributed by atoms with Crippen LogP contribution in [0.25, 0.3) is 0 Å². The Bertz CT molecular complexity index is 23.6. The van der Waals surface area contributed by atoms with Crippen molar-refractivity contribution in [3.63, 3.8) is 0 Å². The molecule has 0 aromatic rings. The summed E-state index contributed by atoms with van der Waals surface area (Å²) < 4.78 is 0. The third-order valence-electron chi connectivity index (χ3n) is 0.138. The lowest BCUT2D eigenvalue weighted by molar-refractivity contribution is 2.30. The summed E-state index contributed by atoms with van der Waals surface area (Å²) in [6.07, 6.45) is 0. The van der Waals surface area contributed by atoms with Gasteiger partial charge in [0.25, 0.3) is 0 Å². The van der Waals surface area contributed by atoms with Crippen molar-refractivity contribution in [3.8, 4) is 0 Å². The van der Waals surface area contributed by atoms with Crippen molar-refractivity contribution in [3.05, 3.63) is 0 Å². The molecule has 0 aromatic carbocycles. The lowest BCUT2D eigenvalue weighted by Gasteiger charge is -1.89. The van der Waals surface area contributed by atoms with Crippen molar-refractivity contribution in [1.82, 2.24) is 0 Å². The molecule has 0 unspecified atom stereocenters. The van der Waals surface area contributed by atoms with Crippen LogP contribution < -0.4 is 0 Å². The SMILES string of the molecule is CP(C)SI. The first-order chi connectivity index (χ1) is 2.27. The van der Waals surface area contributed by atoms with Crippen molar-refractivity contribution >= 4 is 36.9 Å². The van der Waals surface area contributed by atoms with E-state index in [9.17, 15) is 0 Å². The van der Waals surface area contributed by atoms with E-state index in [4.69, 9.17) is 0 Å². The van der Waals surface area contributed by atoms with Gasteiger partial charge in [0.05, 0.1) is 0 Å². The van der Waals surface area contributed by atoms with E-state index in [1.807, 2.05) is 8.55 Å². The van der Waals surface area contributed by atoms with Gasteiger partial charge in [0, 0.05) is 21.2 Å². The molecule has 0 atom stereocenters. The molecule has 0 aliphatic carbocycles. The van der Waals surface area contributed by atoms with E-state index in [-0.39, 0.29) is 0 Å². The smallest absolute Gasteiger partial charge is 0.000715 e. The fourth-order valence-corrected chi connectivity index (χ4v) is 0. The van der Waals surface area contributed by atoms with Crippen LogP contribution in [0.4, 0.5) is 0 Å². The van der Waals surface area contributed by atoms with Gasteiger partial charge in [-0.05, 0) is 20.5 Å². The molecule has 0 saturated carbocycles. The van der Waals surface area contributed by atoms with Crippen molar-refractivity contribution in [2.24, 2.45) is 0 Å². The van der Waals surface area contributed by atoms with Crippen LogP contribution in [-0.2, 0) is 0 Å². The molecule has 0 rings (SSSR count). The summed E-state index contributed by atoms with van der Waals surface area (Å²) in [5.74, 6) is 0. The van der Waals surface area contributed by atoms with E-state index < -0.39 is 0 Å². The molecule has 3 heteroatoms. The zero-order chi connectivity index (χ0) is 4.28. The summed E-state index contributed by atoms with van der Waals surface area (Å²) >= 11 is 2.32. The average molecular weight is 220 g/mol. The zero-order valence-electron chi connectivity index (χ0n) is 3.23. The Kier molecular flexibility index (Phi) is 4.81. The largest absolute Gasteiger partial charge is 0.0626 e. The predicted octanol–water partition coefficient (Wildman–Crippen LogP) is 2.73. The molecule has 32 valence electrons. The maximum atomic E-state index is 2.32. The lowest BCUT2D eigenvalue weighted by Crippen LogP contribution is -1.41. The van der Waals surface area contributed by atoms with Crippen LogP contribution in [0.5, 0.6) is 0 Å². The lowest BCUT2D eigenvalue weighted by atomic mass is 11.9. The molecule has 0 aliphatic rings. The molecule has 0 fully saturated rings.